The number of rotatable bonds is 3. The summed E-state index contributed by atoms with van der Waals surface area (Å²) in [6.07, 6.45) is 0. The standard InChI is InChI=1S/C9H10O6S2/c1-6(2)7-4-3-5-8(16(10,11)12)9(7)17(13,14)15/h3-5H,1H2,2H3,(H,10,11,12)(H,13,14,15). The van der Waals surface area contributed by atoms with Crippen LogP contribution in [0.5, 0.6) is 0 Å². The Morgan fingerprint density at radius 2 is 1.65 bits per heavy atom. The highest BCUT2D eigenvalue weighted by molar-refractivity contribution is 7.89. The van der Waals surface area contributed by atoms with Gasteiger partial charge in [0.05, 0.1) is 0 Å². The molecule has 0 aliphatic heterocycles. The van der Waals surface area contributed by atoms with E-state index in [-0.39, 0.29) is 11.1 Å². The van der Waals surface area contributed by atoms with E-state index in [1.807, 2.05) is 0 Å². The van der Waals surface area contributed by atoms with Gasteiger partial charge in [0.2, 0.25) is 0 Å². The maximum atomic E-state index is 11.2. The normalized spacial score (nSPS) is 12.4. The van der Waals surface area contributed by atoms with E-state index in [1.54, 1.807) is 0 Å². The molecule has 0 fully saturated rings. The third-order valence-corrected chi connectivity index (χ3v) is 3.96. The van der Waals surface area contributed by atoms with Crippen LogP contribution in [0.1, 0.15) is 12.5 Å². The van der Waals surface area contributed by atoms with Gasteiger partial charge in [-0.3, -0.25) is 9.11 Å². The summed E-state index contributed by atoms with van der Waals surface area (Å²) >= 11 is 0. The lowest BCUT2D eigenvalue weighted by molar-refractivity contribution is 0.466. The molecule has 0 spiro atoms. The Morgan fingerprint density at radius 1 is 1.12 bits per heavy atom. The molecule has 0 aliphatic carbocycles. The van der Waals surface area contributed by atoms with E-state index in [4.69, 9.17) is 9.11 Å². The lowest BCUT2D eigenvalue weighted by atomic mass is 10.1. The smallest absolute Gasteiger partial charge is 0.282 e. The molecule has 0 saturated carbocycles. The molecule has 1 rings (SSSR count). The van der Waals surface area contributed by atoms with Crippen LogP contribution in [0.2, 0.25) is 0 Å². The number of hydrogen-bond acceptors (Lipinski definition) is 4. The molecule has 0 aliphatic rings. The Labute approximate surface area is 99.1 Å². The van der Waals surface area contributed by atoms with Crippen LogP contribution in [0, 0.1) is 0 Å². The summed E-state index contributed by atoms with van der Waals surface area (Å²) in [5.41, 5.74) is 0.172. The first-order valence-corrected chi connectivity index (χ1v) is 7.17. The largest absolute Gasteiger partial charge is 0.296 e. The molecule has 0 amide bonds. The maximum Gasteiger partial charge on any atom is 0.296 e. The summed E-state index contributed by atoms with van der Waals surface area (Å²) in [6, 6.07) is 3.40. The molecule has 0 unspecified atom stereocenters. The lowest BCUT2D eigenvalue weighted by Crippen LogP contribution is -2.10. The number of allylic oxidation sites excluding steroid dienone is 1. The predicted molar refractivity (Wildman–Crippen MR) is 60.8 cm³/mol. The third kappa shape index (κ3) is 2.91. The molecule has 1 aromatic rings. The fourth-order valence-corrected chi connectivity index (χ4v) is 3.39. The van der Waals surface area contributed by atoms with Crippen LogP contribution in [-0.2, 0) is 20.2 Å². The van der Waals surface area contributed by atoms with E-state index in [0.29, 0.717) is 0 Å². The van der Waals surface area contributed by atoms with Gasteiger partial charge in [0.15, 0.2) is 0 Å². The minimum atomic E-state index is -4.79. The maximum absolute atomic E-state index is 11.2. The van der Waals surface area contributed by atoms with Crippen LogP contribution >= 0.6 is 0 Å². The van der Waals surface area contributed by atoms with Crippen molar-refractivity contribution in [2.24, 2.45) is 0 Å². The molecular formula is C9H10O6S2. The second kappa shape index (κ2) is 4.22. The van der Waals surface area contributed by atoms with Crippen LogP contribution in [-0.4, -0.2) is 25.9 Å². The topological polar surface area (TPSA) is 109 Å². The van der Waals surface area contributed by atoms with Gasteiger partial charge in [-0.25, -0.2) is 0 Å². The zero-order valence-corrected chi connectivity index (χ0v) is 10.4. The quantitative estimate of drug-likeness (QED) is 0.804. The molecule has 0 aromatic heterocycles. The van der Waals surface area contributed by atoms with Gasteiger partial charge in [-0.05, 0) is 24.1 Å². The second-order valence-corrected chi connectivity index (χ2v) is 6.11. The summed E-state index contributed by atoms with van der Waals surface area (Å²) in [7, 11) is -9.55. The van der Waals surface area contributed by atoms with E-state index < -0.39 is 30.0 Å². The Morgan fingerprint density at radius 3 is 2.00 bits per heavy atom. The first-order valence-electron chi connectivity index (χ1n) is 4.29. The van der Waals surface area contributed by atoms with Crippen LogP contribution in [0.3, 0.4) is 0 Å². The van der Waals surface area contributed by atoms with Crippen molar-refractivity contribution in [3.63, 3.8) is 0 Å². The second-order valence-electron chi connectivity index (χ2n) is 3.36. The molecule has 0 radical (unpaired) electrons. The summed E-state index contributed by atoms with van der Waals surface area (Å²) in [4.78, 5) is -1.74. The van der Waals surface area contributed by atoms with Gasteiger partial charge in [0, 0.05) is 0 Å². The van der Waals surface area contributed by atoms with Crippen molar-refractivity contribution in [1.29, 1.82) is 0 Å². The fourth-order valence-electron chi connectivity index (χ4n) is 1.32. The summed E-state index contributed by atoms with van der Waals surface area (Å²) in [6.45, 7) is 4.91. The summed E-state index contributed by atoms with van der Waals surface area (Å²) in [5.74, 6) is 0. The SMILES string of the molecule is C=C(C)c1cccc(S(=O)(=O)O)c1S(=O)(=O)O. The van der Waals surface area contributed by atoms with Gasteiger partial charge in [-0.1, -0.05) is 18.7 Å². The van der Waals surface area contributed by atoms with Gasteiger partial charge in [0.25, 0.3) is 20.2 Å². The predicted octanol–water partition coefficient (Wildman–Crippen LogP) is 1.21. The van der Waals surface area contributed by atoms with E-state index in [1.165, 1.54) is 19.1 Å². The molecule has 8 heteroatoms. The van der Waals surface area contributed by atoms with Crippen molar-refractivity contribution in [3.8, 4) is 0 Å². The number of benzene rings is 1. The van der Waals surface area contributed by atoms with E-state index >= 15 is 0 Å². The minimum Gasteiger partial charge on any atom is -0.282 e. The molecule has 17 heavy (non-hydrogen) atoms. The summed E-state index contributed by atoms with van der Waals surface area (Å²) < 4.78 is 62.3. The average molecular weight is 278 g/mol. The van der Waals surface area contributed by atoms with Crippen molar-refractivity contribution in [3.05, 3.63) is 30.3 Å². The van der Waals surface area contributed by atoms with E-state index in [0.717, 1.165) is 6.07 Å². The van der Waals surface area contributed by atoms with Gasteiger partial charge in [0.1, 0.15) is 9.79 Å². The van der Waals surface area contributed by atoms with Gasteiger partial charge >= 0.3 is 0 Å². The van der Waals surface area contributed by atoms with Crippen LogP contribution in [0.15, 0.2) is 34.6 Å². The highest BCUT2D eigenvalue weighted by Gasteiger charge is 2.27. The average Bonchev–Trinajstić information content (AvgIpc) is 2.13. The molecule has 0 saturated heterocycles. The first kappa shape index (κ1) is 13.8. The first-order chi connectivity index (χ1) is 7.55. The minimum absolute atomic E-state index is 0.0670. The zero-order chi connectivity index (χ0) is 13.4. The van der Waals surface area contributed by atoms with Gasteiger partial charge in [-0.15, -0.1) is 0 Å². The van der Waals surface area contributed by atoms with Crippen molar-refractivity contribution in [2.75, 3.05) is 0 Å². The monoisotopic (exact) mass is 278 g/mol. The molecule has 0 bridgehead atoms. The van der Waals surface area contributed by atoms with Crippen LogP contribution in [0.25, 0.3) is 5.57 Å². The van der Waals surface area contributed by atoms with Crippen molar-refractivity contribution in [1.82, 2.24) is 0 Å². The van der Waals surface area contributed by atoms with Crippen LogP contribution < -0.4 is 0 Å². The molecular weight excluding hydrogens is 268 g/mol. The van der Waals surface area contributed by atoms with Crippen molar-refractivity contribution < 1.29 is 25.9 Å². The molecule has 6 nitrogen and oxygen atoms in total. The molecule has 0 heterocycles. The Hall–Kier alpha value is -1.22. The molecule has 2 N–H and O–H groups in total. The van der Waals surface area contributed by atoms with Crippen LogP contribution in [0.4, 0.5) is 0 Å². The van der Waals surface area contributed by atoms with E-state index in [9.17, 15) is 16.8 Å². The summed E-state index contributed by atoms with van der Waals surface area (Å²) in [5, 5.41) is 0. The lowest BCUT2D eigenvalue weighted by Gasteiger charge is -2.10. The van der Waals surface area contributed by atoms with Crippen molar-refractivity contribution in [2.45, 2.75) is 16.7 Å². The Bertz CT molecular complexity index is 669. The van der Waals surface area contributed by atoms with Gasteiger partial charge < -0.3 is 0 Å². The Balaban J connectivity index is 3.90. The molecule has 1 aromatic carbocycles. The zero-order valence-electron chi connectivity index (χ0n) is 8.78. The third-order valence-electron chi connectivity index (χ3n) is 1.97. The fraction of sp³-hybridized carbons (Fsp3) is 0.111. The molecule has 0 atom stereocenters. The van der Waals surface area contributed by atoms with Gasteiger partial charge in [-0.2, -0.15) is 16.8 Å². The van der Waals surface area contributed by atoms with Crippen molar-refractivity contribution >= 4 is 25.8 Å². The Kier molecular flexibility index (Phi) is 3.44. The molecule has 94 valence electrons. The highest BCUT2D eigenvalue weighted by Crippen LogP contribution is 2.28. The number of hydrogen-bond donors (Lipinski definition) is 2. The highest BCUT2D eigenvalue weighted by atomic mass is 32.2. The van der Waals surface area contributed by atoms with E-state index in [2.05, 4.69) is 6.58 Å².